The number of nitrogens with zero attached hydrogens (tertiary/aromatic N) is 2. The predicted octanol–water partition coefficient (Wildman–Crippen LogP) is 1.81. The van der Waals surface area contributed by atoms with E-state index in [1.165, 1.54) is 7.11 Å². The lowest BCUT2D eigenvalue weighted by Gasteiger charge is -2.09. The van der Waals surface area contributed by atoms with Crippen LogP contribution in [0.4, 0.5) is 5.69 Å². The molecule has 3 N–H and O–H groups in total. The summed E-state index contributed by atoms with van der Waals surface area (Å²) in [5.41, 5.74) is 6.06. The van der Waals surface area contributed by atoms with Gasteiger partial charge in [-0.2, -0.15) is 10.5 Å². The third kappa shape index (κ3) is 5.10. The van der Waals surface area contributed by atoms with Gasteiger partial charge in [0, 0.05) is 11.8 Å². The molecule has 0 atom stereocenters. The monoisotopic (exact) mass is 312 g/mol. The van der Waals surface area contributed by atoms with Crippen LogP contribution in [0, 0.1) is 22.7 Å². The Morgan fingerprint density at radius 2 is 2.13 bits per heavy atom. The van der Waals surface area contributed by atoms with Crippen LogP contribution >= 0.6 is 0 Å². The largest absolute Gasteiger partial charge is 0.497 e. The number of ether oxygens (including phenoxy) is 2. The molecular weight excluding hydrogens is 296 g/mol. The highest BCUT2D eigenvalue weighted by atomic mass is 16.5. The van der Waals surface area contributed by atoms with E-state index in [0.717, 1.165) is 6.08 Å². The van der Waals surface area contributed by atoms with E-state index in [1.807, 2.05) is 6.07 Å². The summed E-state index contributed by atoms with van der Waals surface area (Å²) in [5, 5.41) is 21.0. The van der Waals surface area contributed by atoms with E-state index in [1.54, 1.807) is 37.3 Å². The van der Waals surface area contributed by atoms with E-state index in [4.69, 9.17) is 20.5 Å². The first-order chi connectivity index (χ1) is 11.0. The number of nitriles is 2. The van der Waals surface area contributed by atoms with Gasteiger partial charge < -0.3 is 20.5 Å². The van der Waals surface area contributed by atoms with E-state index in [-0.39, 0.29) is 23.6 Å². The van der Waals surface area contributed by atoms with Crippen LogP contribution in [0.5, 0.6) is 5.75 Å². The number of hydrogen-bond acceptors (Lipinski definition) is 7. The van der Waals surface area contributed by atoms with Crippen molar-refractivity contribution in [3.05, 3.63) is 47.3 Å². The van der Waals surface area contributed by atoms with Gasteiger partial charge in [0.05, 0.1) is 19.3 Å². The zero-order valence-electron chi connectivity index (χ0n) is 12.8. The summed E-state index contributed by atoms with van der Waals surface area (Å²) in [7, 11) is 1.53. The Labute approximate surface area is 134 Å². The first-order valence-electron chi connectivity index (χ1n) is 6.65. The lowest BCUT2D eigenvalue weighted by atomic mass is 10.1. The maximum Gasteiger partial charge on any atom is 0.348 e. The van der Waals surface area contributed by atoms with Crippen molar-refractivity contribution in [3.8, 4) is 17.9 Å². The lowest BCUT2D eigenvalue weighted by molar-refractivity contribution is -0.138. The molecule has 7 nitrogen and oxygen atoms in total. The molecule has 0 aliphatic heterocycles. The molecule has 0 heterocycles. The summed E-state index contributed by atoms with van der Waals surface area (Å²) in [6.45, 7) is 1.74. The molecule has 0 bridgehead atoms. The van der Waals surface area contributed by atoms with Crippen LogP contribution < -0.4 is 15.8 Å². The van der Waals surface area contributed by atoms with Crippen LogP contribution in [0.25, 0.3) is 0 Å². The molecule has 0 saturated heterocycles. The Bertz CT molecular complexity index is 724. The van der Waals surface area contributed by atoms with Crippen LogP contribution in [0.15, 0.2) is 47.3 Å². The Balaban J connectivity index is 3.10. The number of hydrogen-bond donors (Lipinski definition) is 2. The maximum absolute atomic E-state index is 11.6. The highest BCUT2D eigenvalue weighted by Gasteiger charge is 2.12. The van der Waals surface area contributed by atoms with Crippen LogP contribution in [-0.4, -0.2) is 19.7 Å². The molecule has 1 rings (SSSR count). The predicted molar refractivity (Wildman–Crippen MR) is 83.8 cm³/mol. The highest BCUT2D eigenvalue weighted by Crippen LogP contribution is 2.18. The van der Waals surface area contributed by atoms with Crippen LogP contribution in [0.3, 0.4) is 0 Å². The van der Waals surface area contributed by atoms with Gasteiger partial charge in [0.2, 0.25) is 0 Å². The van der Waals surface area contributed by atoms with E-state index >= 15 is 0 Å². The standard InChI is InChI=1S/C16H16N4O3/c1-3-23-16(21)12(10-18)7-11(9-17)15(19)20-13-5-4-6-14(8-13)22-2/h4-8,20H,3,19H2,1-2H3/b12-7+,15-11+. The number of esters is 1. The molecule has 118 valence electrons. The highest BCUT2D eigenvalue weighted by molar-refractivity contribution is 5.93. The zero-order valence-corrected chi connectivity index (χ0v) is 12.8. The molecule has 1 aromatic carbocycles. The number of carbonyl (C=O) groups excluding carboxylic acids is 1. The Hall–Kier alpha value is -3.45. The quantitative estimate of drug-likeness (QED) is 0.355. The van der Waals surface area contributed by atoms with E-state index in [9.17, 15) is 10.1 Å². The molecule has 0 unspecified atom stereocenters. The Kier molecular flexibility index (Phi) is 6.70. The van der Waals surface area contributed by atoms with Crippen LogP contribution in [0.2, 0.25) is 0 Å². The van der Waals surface area contributed by atoms with Crippen molar-refractivity contribution in [2.24, 2.45) is 5.73 Å². The molecule has 0 aromatic heterocycles. The minimum Gasteiger partial charge on any atom is -0.497 e. The normalized spacial score (nSPS) is 11.6. The molecule has 0 radical (unpaired) electrons. The fourth-order valence-corrected chi connectivity index (χ4v) is 1.58. The fraction of sp³-hybridized carbons (Fsp3) is 0.188. The lowest BCUT2D eigenvalue weighted by Crippen LogP contribution is -2.13. The number of nitrogens with one attached hydrogen (secondary N) is 1. The summed E-state index contributed by atoms with van der Waals surface area (Å²) in [4.78, 5) is 11.6. The summed E-state index contributed by atoms with van der Waals surface area (Å²) >= 11 is 0. The van der Waals surface area contributed by atoms with Crippen LogP contribution in [0.1, 0.15) is 6.92 Å². The molecule has 0 aliphatic carbocycles. The van der Waals surface area contributed by atoms with Gasteiger partial charge >= 0.3 is 5.97 Å². The van der Waals surface area contributed by atoms with Gasteiger partial charge in [0.1, 0.15) is 29.3 Å². The van der Waals surface area contributed by atoms with Gasteiger partial charge in [-0.3, -0.25) is 0 Å². The minimum absolute atomic E-state index is 0.00204. The van der Waals surface area contributed by atoms with E-state index < -0.39 is 5.97 Å². The molecule has 0 aliphatic rings. The minimum atomic E-state index is -0.808. The second-order valence-electron chi connectivity index (χ2n) is 4.19. The molecule has 1 aromatic rings. The molecule has 23 heavy (non-hydrogen) atoms. The fourth-order valence-electron chi connectivity index (χ4n) is 1.58. The van der Waals surface area contributed by atoms with Gasteiger partial charge in [-0.15, -0.1) is 0 Å². The maximum atomic E-state index is 11.6. The van der Waals surface area contributed by atoms with Gasteiger partial charge in [-0.1, -0.05) is 6.07 Å². The van der Waals surface area contributed by atoms with E-state index in [2.05, 4.69) is 5.32 Å². The third-order valence-corrected chi connectivity index (χ3v) is 2.66. The van der Waals surface area contributed by atoms with Gasteiger partial charge in [0.15, 0.2) is 0 Å². The molecular formula is C16H16N4O3. The van der Waals surface area contributed by atoms with Crippen LogP contribution in [-0.2, 0) is 9.53 Å². The van der Waals surface area contributed by atoms with Crippen molar-refractivity contribution in [2.75, 3.05) is 19.0 Å². The smallest absolute Gasteiger partial charge is 0.348 e. The SMILES string of the molecule is CCOC(=O)/C(C#N)=C/C(C#N)=C(/N)Nc1cccc(OC)c1. The number of allylic oxidation sites excluding steroid dienone is 2. The van der Waals surface area contributed by atoms with Crippen molar-refractivity contribution < 1.29 is 14.3 Å². The summed E-state index contributed by atoms with van der Waals surface area (Å²) in [6, 6.07) is 10.4. The van der Waals surface area contributed by atoms with Crippen molar-refractivity contribution in [2.45, 2.75) is 6.92 Å². The average molecular weight is 312 g/mol. The third-order valence-electron chi connectivity index (χ3n) is 2.66. The number of carbonyl (C=O) groups is 1. The second kappa shape index (κ2) is 8.75. The van der Waals surface area contributed by atoms with Gasteiger partial charge in [-0.05, 0) is 25.1 Å². The average Bonchev–Trinajstić information content (AvgIpc) is 2.56. The molecule has 0 spiro atoms. The zero-order chi connectivity index (χ0) is 17.2. The first kappa shape index (κ1) is 17.6. The van der Waals surface area contributed by atoms with Crippen molar-refractivity contribution >= 4 is 11.7 Å². The number of anilines is 1. The van der Waals surface area contributed by atoms with Crippen molar-refractivity contribution in [1.82, 2.24) is 0 Å². The summed E-state index contributed by atoms with van der Waals surface area (Å²) < 4.78 is 9.81. The van der Waals surface area contributed by atoms with E-state index in [0.29, 0.717) is 11.4 Å². The summed E-state index contributed by atoms with van der Waals surface area (Å²) in [6.07, 6.45) is 1.08. The number of nitrogens with two attached hydrogens (primary N) is 1. The number of rotatable bonds is 6. The number of methoxy groups -OCH3 is 1. The first-order valence-corrected chi connectivity index (χ1v) is 6.65. The van der Waals surface area contributed by atoms with Gasteiger partial charge in [-0.25, -0.2) is 4.79 Å². The van der Waals surface area contributed by atoms with Gasteiger partial charge in [0.25, 0.3) is 0 Å². The van der Waals surface area contributed by atoms with Crippen molar-refractivity contribution in [3.63, 3.8) is 0 Å². The Morgan fingerprint density at radius 1 is 1.39 bits per heavy atom. The Morgan fingerprint density at radius 3 is 2.70 bits per heavy atom. The topological polar surface area (TPSA) is 121 Å². The summed E-state index contributed by atoms with van der Waals surface area (Å²) in [5.74, 6) is -0.198. The molecule has 0 saturated carbocycles. The number of benzene rings is 1. The van der Waals surface area contributed by atoms with Crippen molar-refractivity contribution in [1.29, 1.82) is 10.5 Å². The molecule has 7 heteroatoms. The second-order valence-corrected chi connectivity index (χ2v) is 4.19. The molecule has 0 amide bonds. The molecule has 0 fully saturated rings.